The summed E-state index contributed by atoms with van der Waals surface area (Å²) in [6.07, 6.45) is 3.97. The van der Waals surface area contributed by atoms with E-state index in [4.69, 9.17) is 4.74 Å². The van der Waals surface area contributed by atoms with Crippen LogP contribution in [0.25, 0.3) is 0 Å². The third-order valence-corrected chi connectivity index (χ3v) is 3.13. The van der Waals surface area contributed by atoms with Crippen molar-refractivity contribution in [1.82, 2.24) is 10.6 Å². The second kappa shape index (κ2) is 10.2. The van der Waals surface area contributed by atoms with Crippen LogP contribution in [0.5, 0.6) is 0 Å². The molecule has 4 heteroatoms. The largest absolute Gasteiger partial charge is 0.444 e. The van der Waals surface area contributed by atoms with Crippen molar-refractivity contribution in [2.75, 3.05) is 19.6 Å². The fourth-order valence-corrected chi connectivity index (χ4v) is 2.06. The Morgan fingerprint density at radius 2 is 1.68 bits per heavy atom. The van der Waals surface area contributed by atoms with Gasteiger partial charge in [0, 0.05) is 6.54 Å². The average molecular weight is 306 g/mol. The van der Waals surface area contributed by atoms with Gasteiger partial charge in [-0.05, 0) is 58.7 Å². The molecule has 0 unspecified atom stereocenters. The minimum Gasteiger partial charge on any atom is -0.444 e. The van der Waals surface area contributed by atoms with Gasteiger partial charge in [0.25, 0.3) is 0 Å². The molecule has 0 atom stereocenters. The molecule has 1 amide bonds. The van der Waals surface area contributed by atoms with E-state index in [0.29, 0.717) is 6.54 Å². The van der Waals surface area contributed by atoms with Crippen LogP contribution in [0.2, 0.25) is 0 Å². The molecule has 22 heavy (non-hydrogen) atoms. The Kier molecular flexibility index (Phi) is 8.60. The Morgan fingerprint density at radius 1 is 1.00 bits per heavy atom. The van der Waals surface area contributed by atoms with Crippen LogP contribution in [0.1, 0.15) is 45.6 Å². The third kappa shape index (κ3) is 10.2. The molecule has 0 radical (unpaired) electrons. The van der Waals surface area contributed by atoms with Gasteiger partial charge in [-0.15, -0.1) is 0 Å². The van der Waals surface area contributed by atoms with E-state index in [9.17, 15) is 4.79 Å². The van der Waals surface area contributed by atoms with Crippen LogP contribution in [0.15, 0.2) is 30.3 Å². The van der Waals surface area contributed by atoms with E-state index in [2.05, 4.69) is 34.9 Å². The quantitative estimate of drug-likeness (QED) is 0.686. The van der Waals surface area contributed by atoms with Crippen molar-refractivity contribution in [2.24, 2.45) is 0 Å². The topological polar surface area (TPSA) is 50.4 Å². The maximum atomic E-state index is 11.4. The number of rotatable bonds is 9. The van der Waals surface area contributed by atoms with Crippen molar-refractivity contribution in [1.29, 1.82) is 0 Å². The van der Waals surface area contributed by atoms with Gasteiger partial charge >= 0.3 is 6.09 Å². The minimum absolute atomic E-state index is 0.325. The molecule has 1 aromatic carbocycles. The van der Waals surface area contributed by atoms with Gasteiger partial charge in [0.05, 0.1) is 0 Å². The van der Waals surface area contributed by atoms with Crippen LogP contribution in [0.3, 0.4) is 0 Å². The molecule has 0 bridgehead atoms. The zero-order valence-corrected chi connectivity index (χ0v) is 14.2. The second-order valence-electron chi connectivity index (χ2n) is 6.47. The normalized spacial score (nSPS) is 11.2. The van der Waals surface area contributed by atoms with Gasteiger partial charge in [0.1, 0.15) is 5.60 Å². The fraction of sp³-hybridized carbons (Fsp3) is 0.611. The highest BCUT2D eigenvalue weighted by molar-refractivity contribution is 5.67. The number of carbonyl (C=O) groups excluding carboxylic acids is 1. The lowest BCUT2D eigenvalue weighted by Crippen LogP contribution is -2.33. The predicted molar refractivity (Wildman–Crippen MR) is 91.1 cm³/mol. The summed E-state index contributed by atoms with van der Waals surface area (Å²) in [5.74, 6) is 0. The van der Waals surface area contributed by atoms with Crippen LogP contribution in [0.4, 0.5) is 4.79 Å². The second-order valence-corrected chi connectivity index (χ2v) is 6.47. The van der Waals surface area contributed by atoms with Crippen LogP contribution in [-0.4, -0.2) is 31.3 Å². The summed E-state index contributed by atoms with van der Waals surface area (Å²) in [6.45, 7) is 8.33. The summed E-state index contributed by atoms with van der Waals surface area (Å²) in [6, 6.07) is 10.5. The van der Waals surface area contributed by atoms with Crippen LogP contribution < -0.4 is 10.6 Å². The Morgan fingerprint density at radius 3 is 2.36 bits per heavy atom. The highest BCUT2D eigenvalue weighted by Crippen LogP contribution is 2.06. The molecular weight excluding hydrogens is 276 g/mol. The van der Waals surface area contributed by atoms with Gasteiger partial charge in [-0.2, -0.15) is 0 Å². The van der Waals surface area contributed by atoms with E-state index in [0.717, 1.165) is 38.8 Å². The Hall–Kier alpha value is -1.55. The van der Waals surface area contributed by atoms with E-state index in [1.807, 2.05) is 26.8 Å². The number of amides is 1. The van der Waals surface area contributed by atoms with Crippen molar-refractivity contribution < 1.29 is 9.53 Å². The number of hydrogen-bond acceptors (Lipinski definition) is 3. The fourth-order valence-electron chi connectivity index (χ4n) is 2.06. The maximum absolute atomic E-state index is 11.4. The monoisotopic (exact) mass is 306 g/mol. The van der Waals surface area contributed by atoms with E-state index in [1.165, 1.54) is 5.56 Å². The first-order chi connectivity index (χ1) is 10.5. The standard InChI is InChI=1S/C18H30N2O2/c1-18(2,3)22-17(21)20-14-9-5-8-13-19-15-12-16-10-6-4-7-11-16/h4,6-7,10-11,19H,5,8-9,12-15H2,1-3H3,(H,20,21). The summed E-state index contributed by atoms with van der Waals surface area (Å²) in [7, 11) is 0. The average Bonchev–Trinajstić information content (AvgIpc) is 2.44. The molecule has 0 aliphatic rings. The number of alkyl carbamates (subject to hydrolysis) is 1. The summed E-state index contributed by atoms with van der Waals surface area (Å²) >= 11 is 0. The smallest absolute Gasteiger partial charge is 0.407 e. The number of hydrogen-bond donors (Lipinski definition) is 2. The van der Waals surface area contributed by atoms with Crippen molar-refractivity contribution >= 4 is 6.09 Å². The molecule has 4 nitrogen and oxygen atoms in total. The summed E-state index contributed by atoms with van der Waals surface area (Å²) in [5, 5.41) is 6.23. The summed E-state index contributed by atoms with van der Waals surface area (Å²) in [4.78, 5) is 11.4. The van der Waals surface area contributed by atoms with Gasteiger partial charge < -0.3 is 15.4 Å². The zero-order chi connectivity index (χ0) is 16.3. The van der Waals surface area contributed by atoms with E-state index >= 15 is 0 Å². The van der Waals surface area contributed by atoms with Crippen LogP contribution in [-0.2, 0) is 11.2 Å². The van der Waals surface area contributed by atoms with Crippen molar-refractivity contribution in [3.8, 4) is 0 Å². The maximum Gasteiger partial charge on any atom is 0.407 e. The molecule has 0 aliphatic carbocycles. The van der Waals surface area contributed by atoms with Crippen molar-refractivity contribution in [2.45, 2.75) is 52.1 Å². The highest BCUT2D eigenvalue weighted by atomic mass is 16.6. The SMILES string of the molecule is CC(C)(C)OC(=O)NCCCCCNCCc1ccccc1. The lowest BCUT2D eigenvalue weighted by atomic mass is 10.1. The third-order valence-electron chi connectivity index (χ3n) is 3.13. The molecular formula is C18H30N2O2. The highest BCUT2D eigenvalue weighted by Gasteiger charge is 2.15. The van der Waals surface area contributed by atoms with E-state index in [1.54, 1.807) is 0 Å². The summed E-state index contributed by atoms with van der Waals surface area (Å²) < 4.78 is 5.18. The van der Waals surface area contributed by atoms with Gasteiger partial charge in [0.15, 0.2) is 0 Å². The van der Waals surface area contributed by atoms with Gasteiger partial charge in [-0.1, -0.05) is 36.8 Å². The predicted octanol–water partition coefficient (Wildman–Crippen LogP) is 3.51. The Labute approximate surface area is 134 Å². The first-order valence-electron chi connectivity index (χ1n) is 8.19. The molecule has 124 valence electrons. The first kappa shape index (κ1) is 18.5. The number of nitrogens with one attached hydrogen (secondary N) is 2. The molecule has 1 rings (SSSR count). The van der Waals surface area contributed by atoms with Crippen molar-refractivity contribution in [3.63, 3.8) is 0 Å². The molecule has 0 aliphatic heterocycles. The lowest BCUT2D eigenvalue weighted by Gasteiger charge is -2.19. The van der Waals surface area contributed by atoms with Gasteiger partial charge in [0.2, 0.25) is 0 Å². The van der Waals surface area contributed by atoms with Crippen LogP contribution >= 0.6 is 0 Å². The number of benzene rings is 1. The molecule has 1 aromatic rings. The zero-order valence-electron chi connectivity index (χ0n) is 14.2. The molecule has 0 spiro atoms. The minimum atomic E-state index is -0.424. The molecule has 0 saturated heterocycles. The van der Waals surface area contributed by atoms with Crippen LogP contribution in [0, 0.1) is 0 Å². The molecule has 0 fully saturated rings. The van der Waals surface area contributed by atoms with Gasteiger partial charge in [-0.3, -0.25) is 0 Å². The van der Waals surface area contributed by atoms with E-state index in [-0.39, 0.29) is 6.09 Å². The summed E-state index contributed by atoms with van der Waals surface area (Å²) in [5.41, 5.74) is 0.948. The lowest BCUT2D eigenvalue weighted by molar-refractivity contribution is 0.0527. The number of ether oxygens (including phenoxy) is 1. The number of unbranched alkanes of at least 4 members (excludes halogenated alkanes) is 2. The molecule has 0 heterocycles. The Balaban J connectivity index is 1.89. The Bertz CT molecular complexity index is 413. The molecule has 0 saturated carbocycles. The van der Waals surface area contributed by atoms with Crippen molar-refractivity contribution in [3.05, 3.63) is 35.9 Å². The molecule has 2 N–H and O–H groups in total. The number of carbonyl (C=O) groups is 1. The van der Waals surface area contributed by atoms with E-state index < -0.39 is 5.60 Å². The van der Waals surface area contributed by atoms with Gasteiger partial charge in [-0.25, -0.2) is 4.79 Å². The molecule has 0 aromatic heterocycles. The first-order valence-corrected chi connectivity index (χ1v) is 8.19.